The fourth-order valence-corrected chi connectivity index (χ4v) is 16.6. The van der Waals surface area contributed by atoms with Crippen LogP contribution in [0.3, 0.4) is 0 Å². The van der Waals surface area contributed by atoms with Crippen LogP contribution in [0.1, 0.15) is 38.5 Å². The van der Waals surface area contributed by atoms with Gasteiger partial charge in [-0.2, -0.15) is 0 Å². The van der Waals surface area contributed by atoms with Crippen LogP contribution in [0.25, 0.3) is 0 Å². The quantitative estimate of drug-likeness (QED) is 0.571. The molecule has 4 rings (SSSR count). The van der Waals surface area contributed by atoms with Gasteiger partial charge in [-0.15, -0.1) is 0 Å². The Morgan fingerprint density at radius 2 is 1.26 bits per heavy atom. The Balaban J connectivity index is 1.81. The molecule has 0 N–H and O–H groups in total. The van der Waals surface area contributed by atoms with Crippen molar-refractivity contribution in [2.75, 3.05) is 39.3 Å². The molecule has 0 unspecified atom stereocenters. The topological polar surface area (TPSA) is 9.49 Å². The van der Waals surface area contributed by atoms with Crippen molar-refractivity contribution in [1.82, 2.24) is 9.34 Å². The van der Waals surface area contributed by atoms with Gasteiger partial charge in [0.25, 0.3) is 0 Å². The van der Waals surface area contributed by atoms with Crippen LogP contribution in [-0.2, 0) is 0 Å². The van der Waals surface area contributed by atoms with Crippen molar-refractivity contribution < 1.29 is 4.33 Å². The van der Waals surface area contributed by atoms with Crippen LogP contribution < -0.4 is 4.46 Å². The van der Waals surface area contributed by atoms with E-state index in [2.05, 4.69) is 44.0 Å². The third-order valence-electron chi connectivity index (χ3n) is 5.32. The van der Waals surface area contributed by atoms with Crippen LogP contribution in [0.5, 0.6) is 0 Å². The van der Waals surface area contributed by atoms with E-state index in [-0.39, 0.29) is 0 Å². The first-order valence-corrected chi connectivity index (χ1v) is 14.0. The van der Waals surface area contributed by atoms with Gasteiger partial charge in [-0.3, -0.25) is 0 Å². The summed E-state index contributed by atoms with van der Waals surface area (Å²) in [5, 5.41) is 0. The Bertz CT molecular complexity index is 549. The van der Waals surface area contributed by atoms with E-state index in [0.717, 1.165) is 0 Å². The maximum absolute atomic E-state index is 2.97. The van der Waals surface area contributed by atoms with Gasteiger partial charge in [0.1, 0.15) is 0 Å². The van der Waals surface area contributed by atoms with Crippen LogP contribution in [-0.4, -0.2) is 67.5 Å². The van der Waals surface area contributed by atoms with Crippen LogP contribution >= 0.6 is 6.05 Å². The van der Waals surface area contributed by atoms with Crippen molar-refractivity contribution in [3.63, 3.8) is 0 Å². The summed E-state index contributed by atoms with van der Waals surface area (Å²) in [5.41, 5.74) is 0. The zero-order chi connectivity index (χ0) is 15.5. The Morgan fingerprint density at radius 3 is 1.78 bits per heavy atom. The summed E-state index contributed by atoms with van der Waals surface area (Å²) in [4.78, 5) is 0. The van der Waals surface area contributed by atoms with Gasteiger partial charge in [-0.1, -0.05) is 0 Å². The second-order valence-electron chi connectivity index (χ2n) is 6.90. The number of hydrogen-bond donors (Lipinski definition) is 0. The van der Waals surface area contributed by atoms with Gasteiger partial charge in [0, 0.05) is 0 Å². The normalized spacial score (nSPS) is 23.9. The molecule has 0 aromatic heterocycles. The van der Waals surface area contributed by atoms with Crippen molar-refractivity contribution in [3.8, 4) is 0 Å². The van der Waals surface area contributed by atoms with Gasteiger partial charge >= 0.3 is 147 Å². The van der Waals surface area contributed by atoms with Crippen LogP contribution in [0.2, 0.25) is 0 Å². The Kier molecular flexibility index (Phi) is 5.28. The number of benzene rings is 1. The van der Waals surface area contributed by atoms with Crippen molar-refractivity contribution in [2.24, 2.45) is 0 Å². The Hall–Kier alpha value is -0.111. The van der Waals surface area contributed by atoms with Gasteiger partial charge < -0.3 is 0 Å². The molecule has 0 aliphatic carbocycles. The van der Waals surface area contributed by atoms with E-state index < -0.39 is 6.05 Å². The molecule has 0 amide bonds. The van der Waals surface area contributed by atoms with E-state index in [1.54, 1.807) is 4.46 Å². The fraction of sp³-hybridized carbons (Fsp3) is 0.667. The second-order valence-corrected chi connectivity index (χ2v) is 15.0. The molecular formula is C18H29N3PSe+. The van der Waals surface area contributed by atoms with Gasteiger partial charge in [0.2, 0.25) is 0 Å². The molecule has 0 saturated carbocycles. The summed E-state index contributed by atoms with van der Waals surface area (Å²) < 4.78 is 10.5. The SMILES string of the molecule is c1ccc([Se]P(N2CCCC2)(N2CCCC2)=[N+]2CCCC2)cc1. The molecule has 23 heavy (non-hydrogen) atoms. The van der Waals surface area contributed by atoms with E-state index in [0.29, 0.717) is 14.5 Å². The monoisotopic (exact) mass is 398 g/mol. The van der Waals surface area contributed by atoms with Gasteiger partial charge in [-0.05, 0) is 0 Å². The average Bonchev–Trinajstić information content (AvgIpc) is 3.38. The van der Waals surface area contributed by atoms with Crippen molar-refractivity contribution in [3.05, 3.63) is 30.3 Å². The molecule has 1 aromatic carbocycles. The number of rotatable bonds is 4. The molecule has 3 aliphatic heterocycles. The summed E-state index contributed by atoms with van der Waals surface area (Å²) in [6, 6.07) is 10.1. The minimum absolute atomic E-state index is 0.563. The summed E-state index contributed by atoms with van der Waals surface area (Å²) in [6.45, 7) is 8.06. The van der Waals surface area contributed by atoms with E-state index in [9.17, 15) is 0 Å². The third-order valence-corrected chi connectivity index (χ3v) is 17.0. The molecule has 3 aliphatic rings. The van der Waals surface area contributed by atoms with E-state index in [4.69, 9.17) is 0 Å². The molecule has 3 nitrogen and oxygen atoms in total. The molecule has 0 atom stereocenters. The molecule has 3 saturated heterocycles. The van der Waals surface area contributed by atoms with E-state index in [1.807, 2.05) is 0 Å². The molecule has 3 heterocycles. The molecule has 0 bridgehead atoms. The first-order chi connectivity index (χ1) is 11.4. The average molecular weight is 397 g/mol. The zero-order valence-corrected chi connectivity index (χ0v) is 16.7. The summed E-state index contributed by atoms with van der Waals surface area (Å²) in [6.07, 6.45) is 8.47. The molecule has 0 radical (unpaired) electrons. The maximum atomic E-state index is 2.97. The molecule has 1 aromatic rings. The van der Waals surface area contributed by atoms with Gasteiger partial charge in [0.15, 0.2) is 0 Å². The molecule has 5 heteroatoms. The minimum atomic E-state index is -1.30. The Labute approximate surface area is 147 Å². The summed E-state index contributed by atoms with van der Waals surface area (Å²) >= 11 is 0.563. The van der Waals surface area contributed by atoms with Crippen molar-refractivity contribution in [1.29, 1.82) is 0 Å². The first kappa shape index (κ1) is 16.4. The van der Waals surface area contributed by atoms with Gasteiger partial charge in [0.05, 0.1) is 0 Å². The molecule has 0 spiro atoms. The van der Waals surface area contributed by atoms with Crippen molar-refractivity contribution in [2.45, 2.75) is 38.5 Å². The van der Waals surface area contributed by atoms with Crippen molar-refractivity contribution >= 4 is 25.0 Å². The summed E-state index contributed by atoms with van der Waals surface area (Å²) in [5.74, 6) is 0. The predicted octanol–water partition coefficient (Wildman–Crippen LogP) is 2.96. The number of nitrogens with zero attached hydrogens (tertiary/aromatic N) is 3. The standard InChI is InChI=1S/C18H29N3PSe/c1-2-10-18(11-3-1)23-22(19-12-4-5-13-19,20-14-6-7-15-20)21-16-8-9-17-21/h1-3,10-11H,4-9,12-17H2/q+1. The van der Waals surface area contributed by atoms with Gasteiger partial charge in [-0.25, -0.2) is 0 Å². The first-order valence-electron chi connectivity index (χ1n) is 9.29. The Morgan fingerprint density at radius 1 is 0.739 bits per heavy atom. The van der Waals surface area contributed by atoms with E-state index in [1.165, 1.54) is 77.8 Å². The number of hydrogen-bond acceptors (Lipinski definition) is 0. The molecular weight excluding hydrogens is 368 g/mol. The summed E-state index contributed by atoms with van der Waals surface area (Å²) in [7, 11) is 0. The predicted molar refractivity (Wildman–Crippen MR) is 99.6 cm³/mol. The van der Waals surface area contributed by atoms with E-state index >= 15 is 0 Å². The fourth-order valence-electron chi connectivity index (χ4n) is 4.22. The van der Waals surface area contributed by atoms with Crippen LogP contribution in [0.15, 0.2) is 30.3 Å². The zero-order valence-electron chi connectivity index (χ0n) is 14.1. The second kappa shape index (κ2) is 7.42. The van der Waals surface area contributed by atoms with Crippen LogP contribution in [0, 0.1) is 0 Å². The third kappa shape index (κ3) is 3.22. The van der Waals surface area contributed by atoms with Crippen LogP contribution in [0.4, 0.5) is 0 Å². The molecule has 3 fully saturated rings. The molecule has 126 valence electrons.